The lowest BCUT2D eigenvalue weighted by Crippen LogP contribution is -2.57. The molecule has 0 bridgehead atoms. The number of carbonyl (C=O) groups is 3. The summed E-state index contributed by atoms with van der Waals surface area (Å²) in [5.41, 5.74) is 0.455. The highest BCUT2D eigenvalue weighted by Crippen LogP contribution is 2.18. The Bertz CT molecular complexity index is 629. The van der Waals surface area contributed by atoms with Crippen molar-refractivity contribution in [1.29, 1.82) is 0 Å². The molecule has 1 aliphatic rings. The van der Waals surface area contributed by atoms with Gasteiger partial charge in [-0.1, -0.05) is 13.3 Å². The lowest BCUT2D eigenvalue weighted by Gasteiger charge is -2.34. The molecule has 1 aromatic rings. The summed E-state index contributed by atoms with van der Waals surface area (Å²) in [7, 11) is 0. The van der Waals surface area contributed by atoms with E-state index in [0.717, 1.165) is 12.8 Å². The van der Waals surface area contributed by atoms with Crippen LogP contribution in [0, 0.1) is 0 Å². The van der Waals surface area contributed by atoms with E-state index in [2.05, 4.69) is 12.2 Å². The zero-order valence-corrected chi connectivity index (χ0v) is 15.3. The van der Waals surface area contributed by atoms with E-state index in [0.29, 0.717) is 31.0 Å². The first-order valence-corrected chi connectivity index (χ1v) is 9.04. The Hall–Kier alpha value is -2.57. The van der Waals surface area contributed by atoms with Crippen LogP contribution in [0.25, 0.3) is 0 Å². The summed E-state index contributed by atoms with van der Waals surface area (Å²) in [4.78, 5) is 38.2. The average molecular weight is 362 g/mol. The highest BCUT2D eigenvalue weighted by atomic mass is 16.5. The number of nitrogens with one attached hydrogen (secondary N) is 1. The SMILES string of the molecule is CCCCOc1ccc(C(=O)N2CCNC(=O)[C@@H]2CC(=O)OCC)cc1. The number of carbonyl (C=O) groups excluding carboxylic acids is 3. The molecule has 2 amide bonds. The number of hydrogen-bond donors (Lipinski definition) is 1. The van der Waals surface area contributed by atoms with E-state index in [9.17, 15) is 14.4 Å². The van der Waals surface area contributed by atoms with Crippen LogP contribution in [0.5, 0.6) is 5.75 Å². The summed E-state index contributed by atoms with van der Waals surface area (Å²) in [6.45, 7) is 5.38. The first-order valence-electron chi connectivity index (χ1n) is 9.04. The summed E-state index contributed by atoms with van der Waals surface area (Å²) in [6.07, 6.45) is 1.87. The van der Waals surface area contributed by atoms with Crippen LogP contribution < -0.4 is 10.1 Å². The van der Waals surface area contributed by atoms with Crippen LogP contribution in [0.2, 0.25) is 0 Å². The molecule has 1 fully saturated rings. The summed E-state index contributed by atoms with van der Waals surface area (Å²) < 4.78 is 10.5. The van der Waals surface area contributed by atoms with Crippen LogP contribution in [0.3, 0.4) is 0 Å². The fraction of sp³-hybridized carbons (Fsp3) is 0.526. The third-order valence-electron chi connectivity index (χ3n) is 4.12. The molecule has 1 aliphatic heterocycles. The first kappa shape index (κ1) is 19.8. The summed E-state index contributed by atoms with van der Waals surface area (Å²) in [5, 5.41) is 2.69. The van der Waals surface area contributed by atoms with Gasteiger partial charge in [-0.2, -0.15) is 0 Å². The van der Waals surface area contributed by atoms with Crippen molar-refractivity contribution in [2.45, 2.75) is 39.2 Å². The van der Waals surface area contributed by atoms with Crippen LogP contribution in [-0.2, 0) is 14.3 Å². The van der Waals surface area contributed by atoms with Crippen LogP contribution in [-0.4, -0.2) is 55.0 Å². The molecule has 7 heteroatoms. The summed E-state index contributed by atoms with van der Waals surface area (Å²) in [6, 6.07) is 5.99. The normalized spacial score (nSPS) is 16.8. The molecule has 0 unspecified atom stereocenters. The van der Waals surface area contributed by atoms with E-state index >= 15 is 0 Å². The Balaban J connectivity index is 2.07. The van der Waals surface area contributed by atoms with Crippen molar-refractivity contribution < 1.29 is 23.9 Å². The Kier molecular flexibility index (Phi) is 7.44. The van der Waals surface area contributed by atoms with Crippen molar-refractivity contribution in [3.63, 3.8) is 0 Å². The number of esters is 1. The maximum atomic E-state index is 12.8. The molecule has 1 aromatic carbocycles. The topological polar surface area (TPSA) is 84.9 Å². The van der Waals surface area contributed by atoms with Crippen LogP contribution in [0.1, 0.15) is 43.5 Å². The molecule has 2 rings (SSSR count). The molecular formula is C19H26N2O5. The van der Waals surface area contributed by atoms with Gasteiger partial charge in [-0.25, -0.2) is 0 Å². The number of ether oxygens (including phenoxy) is 2. The minimum absolute atomic E-state index is 0.149. The maximum Gasteiger partial charge on any atom is 0.308 e. The highest BCUT2D eigenvalue weighted by molar-refractivity contribution is 5.99. The molecule has 0 spiro atoms. The van der Waals surface area contributed by atoms with Gasteiger partial charge in [0.15, 0.2) is 0 Å². The average Bonchev–Trinajstić information content (AvgIpc) is 2.64. The number of amides is 2. The fourth-order valence-electron chi connectivity index (χ4n) is 2.73. The smallest absolute Gasteiger partial charge is 0.308 e. The van der Waals surface area contributed by atoms with Crippen LogP contribution >= 0.6 is 0 Å². The molecule has 7 nitrogen and oxygen atoms in total. The van der Waals surface area contributed by atoms with Gasteiger partial charge in [0.25, 0.3) is 5.91 Å². The number of rotatable bonds is 8. The van der Waals surface area contributed by atoms with Crippen molar-refractivity contribution in [3.8, 4) is 5.75 Å². The van der Waals surface area contributed by atoms with E-state index in [-0.39, 0.29) is 24.8 Å². The molecule has 142 valence electrons. The van der Waals surface area contributed by atoms with Crippen molar-refractivity contribution >= 4 is 17.8 Å². The summed E-state index contributed by atoms with van der Waals surface area (Å²) in [5.74, 6) is -0.409. The Morgan fingerprint density at radius 3 is 2.62 bits per heavy atom. The van der Waals surface area contributed by atoms with Crippen molar-refractivity contribution in [2.75, 3.05) is 26.3 Å². The molecular weight excluding hydrogens is 336 g/mol. The van der Waals surface area contributed by atoms with Crippen LogP contribution in [0.4, 0.5) is 0 Å². The Morgan fingerprint density at radius 2 is 1.96 bits per heavy atom. The molecule has 0 aliphatic carbocycles. The minimum Gasteiger partial charge on any atom is -0.494 e. The third-order valence-corrected chi connectivity index (χ3v) is 4.12. The molecule has 0 saturated carbocycles. The van der Waals surface area contributed by atoms with Gasteiger partial charge < -0.3 is 19.7 Å². The van der Waals surface area contributed by atoms with Gasteiger partial charge in [0.2, 0.25) is 5.91 Å². The van der Waals surface area contributed by atoms with Crippen molar-refractivity contribution in [3.05, 3.63) is 29.8 Å². The third kappa shape index (κ3) is 5.21. The molecule has 1 N–H and O–H groups in total. The molecule has 26 heavy (non-hydrogen) atoms. The molecule has 1 heterocycles. The van der Waals surface area contributed by atoms with E-state index in [1.165, 1.54) is 4.90 Å². The van der Waals surface area contributed by atoms with Gasteiger partial charge in [0.1, 0.15) is 11.8 Å². The highest BCUT2D eigenvalue weighted by Gasteiger charge is 2.35. The Morgan fingerprint density at radius 1 is 1.23 bits per heavy atom. The Labute approximate surface area is 153 Å². The molecule has 0 radical (unpaired) electrons. The molecule has 1 saturated heterocycles. The number of hydrogen-bond acceptors (Lipinski definition) is 5. The predicted octanol–water partition coefficient (Wildman–Crippen LogP) is 1.76. The molecule has 0 aromatic heterocycles. The quantitative estimate of drug-likeness (QED) is 0.563. The second-order valence-corrected chi connectivity index (χ2v) is 6.04. The number of unbranched alkanes of at least 4 members (excludes halogenated alkanes) is 1. The van der Waals surface area contributed by atoms with E-state index in [1.54, 1.807) is 31.2 Å². The fourth-order valence-corrected chi connectivity index (χ4v) is 2.73. The van der Waals surface area contributed by atoms with E-state index in [1.807, 2.05) is 0 Å². The largest absolute Gasteiger partial charge is 0.494 e. The van der Waals surface area contributed by atoms with Gasteiger partial charge in [-0.15, -0.1) is 0 Å². The molecule has 1 atom stereocenters. The van der Waals surface area contributed by atoms with E-state index < -0.39 is 12.0 Å². The van der Waals surface area contributed by atoms with Crippen molar-refractivity contribution in [2.24, 2.45) is 0 Å². The second-order valence-electron chi connectivity index (χ2n) is 6.04. The standard InChI is InChI=1S/C19H26N2O5/c1-3-5-12-26-15-8-6-14(7-9-15)19(24)21-11-10-20-18(23)16(21)13-17(22)25-4-2/h6-9,16H,3-5,10-13H2,1-2H3,(H,20,23)/t16-/m0/s1. The number of piperazine rings is 1. The predicted molar refractivity (Wildman–Crippen MR) is 95.9 cm³/mol. The van der Waals surface area contributed by atoms with Crippen LogP contribution in [0.15, 0.2) is 24.3 Å². The van der Waals surface area contributed by atoms with Crippen molar-refractivity contribution in [1.82, 2.24) is 10.2 Å². The number of nitrogens with zero attached hydrogens (tertiary/aromatic N) is 1. The second kappa shape index (κ2) is 9.79. The number of benzene rings is 1. The van der Waals surface area contributed by atoms with Gasteiger partial charge in [0.05, 0.1) is 19.6 Å². The maximum absolute atomic E-state index is 12.8. The van der Waals surface area contributed by atoms with Gasteiger partial charge >= 0.3 is 5.97 Å². The van der Waals surface area contributed by atoms with E-state index in [4.69, 9.17) is 9.47 Å². The first-order chi connectivity index (χ1) is 12.6. The van der Waals surface area contributed by atoms with Gasteiger partial charge in [-0.05, 0) is 37.6 Å². The van der Waals surface area contributed by atoms with Gasteiger partial charge in [-0.3, -0.25) is 14.4 Å². The monoisotopic (exact) mass is 362 g/mol. The summed E-state index contributed by atoms with van der Waals surface area (Å²) >= 11 is 0. The minimum atomic E-state index is -0.851. The zero-order chi connectivity index (χ0) is 18.9. The lowest BCUT2D eigenvalue weighted by atomic mass is 10.1. The van der Waals surface area contributed by atoms with Gasteiger partial charge in [0, 0.05) is 18.7 Å². The zero-order valence-electron chi connectivity index (χ0n) is 15.3. The lowest BCUT2D eigenvalue weighted by molar-refractivity contribution is -0.147.